The maximum Gasteiger partial charge on any atom is 0.311 e. The number of hydrogen-bond donors (Lipinski definition) is 0. The fraction of sp³-hybridized carbons (Fsp3) is 0.400. The zero-order chi connectivity index (χ0) is 16.7. The first kappa shape index (κ1) is 16.3. The summed E-state index contributed by atoms with van der Waals surface area (Å²) in [5.41, 5.74) is -0.113. The largest absolute Gasteiger partial charge is 0.353 e. The molecule has 3 rings (SSSR count). The molecule has 120 valence electrons. The highest BCUT2D eigenvalue weighted by atomic mass is 79.9. The molecule has 2 heterocycles. The molecule has 0 spiro atoms. The maximum atomic E-state index is 14.4. The van der Waals surface area contributed by atoms with E-state index in [1.165, 1.54) is 6.07 Å². The maximum absolute atomic E-state index is 14.4. The van der Waals surface area contributed by atoms with Gasteiger partial charge in [-0.3, -0.25) is 0 Å². The van der Waals surface area contributed by atoms with E-state index >= 15 is 0 Å². The molecule has 0 aliphatic carbocycles. The van der Waals surface area contributed by atoms with Gasteiger partial charge in [-0.15, -0.1) is 0 Å². The Bertz CT molecular complexity index is 823. The van der Waals surface area contributed by atoms with E-state index in [2.05, 4.69) is 32.0 Å². The summed E-state index contributed by atoms with van der Waals surface area (Å²) in [5, 5.41) is 9.59. The normalized spacial score (nSPS) is 21.5. The molecule has 2 atom stereocenters. The molecule has 4 nitrogen and oxygen atoms in total. The van der Waals surface area contributed by atoms with E-state index < -0.39 is 11.9 Å². The van der Waals surface area contributed by atoms with Crippen molar-refractivity contribution >= 4 is 44.3 Å². The average molecular weight is 402 g/mol. The van der Waals surface area contributed by atoms with E-state index in [9.17, 15) is 8.78 Å². The second kappa shape index (κ2) is 6.17. The predicted molar refractivity (Wildman–Crippen MR) is 87.3 cm³/mol. The minimum absolute atomic E-state index is 0.0172. The zero-order valence-electron chi connectivity index (χ0n) is 12.2. The molecule has 1 saturated heterocycles. The topological polar surface area (TPSA) is 52.8 Å². The number of piperidine rings is 1. The number of hydrogen-bond acceptors (Lipinski definition) is 4. The van der Waals surface area contributed by atoms with Crippen molar-refractivity contribution in [1.82, 2.24) is 9.97 Å². The van der Waals surface area contributed by atoms with Gasteiger partial charge in [0.05, 0.1) is 15.6 Å². The fourth-order valence-electron chi connectivity index (χ4n) is 2.95. The number of fused-ring (bicyclic) bond motifs is 1. The Kier molecular flexibility index (Phi) is 4.39. The molecule has 1 aromatic heterocycles. The first-order chi connectivity index (χ1) is 10.9. The average Bonchev–Trinajstić information content (AvgIpc) is 2.53. The quantitative estimate of drug-likeness (QED) is 0.523. The van der Waals surface area contributed by atoms with Crippen LogP contribution in [0, 0.1) is 29.1 Å². The van der Waals surface area contributed by atoms with E-state index in [0.717, 1.165) is 0 Å². The number of aromatic nitrogens is 2. The summed E-state index contributed by atoms with van der Waals surface area (Å²) in [7, 11) is 0. The van der Waals surface area contributed by atoms with Gasteiger partial charge >= 0.3 is 6.08 Å². The third kappa shape index (κ3) is 2.86. The van der Waals surface area contributed by atoms with E-state index in [4.69, 9.17) is 16.9 Å². The molecule has 0 radical (unpaired) electrons. The van der Waals surface area contributed by atoms with Gasteiger partial charge in [0.15, 0.2) is 5.82 Å². The van der Waals surface area contributed by atoms with Crippen molar-refractivity contribution in [3.05, 3.63) is 27.5 Å². The van der Waals surface area contributed by atoms with Crippen LogP contribution < -0.4 is 4.90 Å². The number of nitrogens with zero attached hydrogens (tertiary/aromatic N) is 4. The van der Waals surface area contributed by atoms with E-state index in [1.54, 1.807) is 0 Å². The molecule has 2 aromatic rings. The molecule has 1 aliphatic heterocycles. The third-order valence-electron chi connectivity index (χ3n) is 4.11. The molecule has 1 fully saturated rings. The van der Waals surface area contributed by atoms with Crippen LogP contribution in [0.15, 0.2) is 10.5 Å². The Hall–Kier alpha value is -1.52. The summed E-state index contributed by atoms with van der Waals surface area (Å²) < 4.78 is 28.2. The monoisotopic (exact) mass is 400 g/mol. The van der Waals surface area contributed by atoms with Crippen LogP contribution in [0.3, 0.4) is 0 Å². The third-order valence-corrected chi connectivity index (χ3v) is 5.41. The highest BCUT2D eigenvalue weighted by molar-refractivity contribution is 9.10. The lowest BCUT2D eigenvalue weighted by Gasteiger charge is -2.36. The number of anilines is 1. The number of halogens is 4. The van der Waals surface area contributed by atoms with Crippen molar-refractivity contribution in [2.75, 3.05) is 11.4 Å². The van der Waals surface area contributed by atoms with Crippen molar-refractivity contribution in [2.45, 2.75) is 25.8 Å². The van der Waals surface area contributed by atoms with Crippen LogP contribution in [0.4, 0.5) is 14.6 Å². The number of rotatable bonds is 1. The van der Waals surface area contributed by atoms with Crippen LogP contribution in [0.5, 0.6) is 0 Å². The smallest absolute Gasteiger partial charge is 0.311 e. The highest BCUT2D eigenvalue weighted by Crippen LogP contribution is 2.37. The molecular weight excluding hydrogens is 390 g/mol. The zero-order valence-corrected chi connectivity index (χ0v) is 14.5. The molecular formula is C15H12BrClF2N4. The summed E-state index contributed by atoms with van der Waals surface area (Å²) >= 11 is 9.06. The standard InChI is InChI=1S/C15H12BrClF2N4/c1-7-4-8(6-20)2-3-23(7)14-9-5-10(17)11(16)12(18)13(9)21-15(19)22-14/h5,7-8H,2-4H2,1H3/t7-,8+/m0/s1. The summed E-state index contributed by atoms with van der Waals surface area (Å²) in [6, 6.07) is 3.77. The molecule has 1 aromatic carbocycles. The van der Waals surface area contributed by atoms with Gasteiger partial charge in [-0.2, -0.15) is 19.6 Å². The van der Waals surface area contributed by atoms with Gasteiger partial charge < -0.3 is 4.90 Å². The second-order valence-electron chi connectivity index (χ2n) is 5.59. The Morgan fingerprint density at radius 3 is 2.83 bits per heavy atom. The van der Waals surface area contributed by atoms with Crippen molar-refractivity contribution in [1.29, 1.82) is 5.26 Å². The second-order valence-corrected chi connectivity index (χ2v) is 6.79. The van der Waals surface area contributed by atoms with Crippen LogP contribution in [-0.2, 0) is 0 Å². The fourth-order valence-corrected chi connectivity index (χ4v) is 3.45. The van der Waals surface area contributed by atoms with Gasteiger partial charge in [0.2, 0.25) is 0 Å². The summed E-state index contributed by atoms with van der Waals surface area (Å²) in [5.74, 6) is -0.437. The van der Waals surface area contributed by atoms with E-state index in [-0.39, 0.29) is 27.0 Å². The minimum atomic E-state index is -0.991. The van der Waals surface area contributed by atoms with Crippen LogP contribution in [-0.4, -0.2) is 22.6 Å². The Labute approximate surface area is 145 Å². The van der Waals surface area contributed by atoms with Crippen LogP contribution >= 0.6 is 27.5 Å². The van der Waals surface area contributed by atoms with Crippen LogP contribution in [0.2, 0.25) is 5.02 Å². The van der Waals surface area contributed by atoms with Gasteiger partial charge in [0.25, 0.3) is 0 Å². The van der Waals surface area contributed by atoms with Crippen molar-refractivity contribution in [2.24, 2.45) is 5.92 Å². The predicted octanol–water partition coefficient (Wildman–Crippen LogP) is 4.45. The molecule has 1 aliphatic rings. The lowest BCUT2D eigenvalue weighted by atomic mass is 9.92. The number of nitriles is 1. The summed E-state index contributed by atoms with van der Waals surface area (Å²) in [4.78, 5) is 9.31. The molecule has 0 bridgehead atoms. The van der Waals surface area contributed by atoms with E-state index in [0.29, 0.717) is 30.6 Å². The molecule has 0 saturated carbocycles. The molecule has 0 amide bonds. The van der Waals surface area contributed by atoms with Crippen LogP contribution in [0.25, 0.3) is 10.9 Å². The van der Waals surface area contributed by atoms with Gasteiger partial charge in [-0.25, -0.2) is 4.39 Å². The van der Waals surface area contributed by atoms with E-state index in [1.807, 2.05) is 11.8 Å². The first-order valence-electron chi connectivity index (χ1n) is 7.09. The molecule has 8 heteroatoms. The molecule has 0 unspecified atom stereocenters. The summed E-state index contributed by atoms with van der Waals surface area (Å²) in [6.07, 6.45) is 0.312. The minimum Gasteiger partial charge on any atom is -0.353 e. The van der Waals surface area contributed by atoms with Crippen molar-refractivity contribution in [3.63, 3.8) is 0 Å². The highest BCUT2D eigenvalue weighted by Gasteiger charge is 2.29. The summed E-state index contributed by atoms with van der Waals surface area (Å²) in [6.45, 7) is 2.48. The Balaban J connectivity index is 2.16. The molecule has 23 heavy (non-hydrogen) atoms. The lowest BCUT2D eigenvalue weighted by molar-refractivity contribution is 0.412. The van der Waals surface area contributed by atoms with Gasteiger partial charge in [-0.1, -0.05) is 11.6 Å². The van der Waals surface area contributed by atoms with Crippen LogP contribution in [0.1, 0.15) is 19.8 Å². The number of benzene rings is 1. The van der Waals surface area contributed by atoms with Gasteiger partial charge in [-0.05, 0) is 41.8 Å². The Morgan fingerprint density at radius 2 is 2.17 bits per heavy atom. The Morgan fingerprint density at radius 1 is 1.43 bits per heavy atom. The lowest BCUT2D eigenvalue weighted by Crippen LogP contribution is -2.41. The first-order valence-corrected chi connectivity index (χ1v) is 8.26. The molecule has 0 N–H and O–H groups in total. The van der Waals surface area contributed by atoms with Crippen molar-refractivity contribution < 1.29 is 8.78 Å². The van der Waals surface area contributed by atoms with Crippen molar-refractivity contribution in [3.8, 4) is 6.07 Å². The van der Waals surface area contributed by atoms with Gasteiger partial charge in [0, 0.05) is 23.9 Å². The van der Waals surface area contributed by atoms with Gasteiger partial charge in [0.1, 0.15) is 11.3 Å². The SMILES string of the molecule is C[C@H]1C[C@H](C#N)CCN1c1nc(F)nc2c(F)c(Br)c(Cl)cc12.